The van der Waals surface area contributed by atoms with Crippen LogP contribution in [-0.2, 0) is 19.1 Å². The molecule has 0 radical (unpaired) electrons. The van der Waals surface area contributed by atoms with Gasteiger partial charge in [0, 0.05) is 5.92 Å². The first kappa shape index (κ1) is 22.3. The minimum atomic E-state index is -2.26. The maximum absolute atomic E-state index is 12.5. The smallest absolute Gasteiger partial charge is 0.409 e. The third-order valence-corrected chi connectivity index (χ3v) is 4.86. The molecule has 0 heterocycles. The molecule has 1 atom stereocenters. The molecule has 1 aliphatic carbocycles. The Morgan fingerprint density at radius 2 is 1.52 bits per heavy atom. The molecule has 0 aromatic heterocycles. The maximum atomic E-state index is 12.5. The summed E-state index contributed by atoms with van der Waals surface area (Å²) in [6.07, 6.45) is -1.86. The van der Waals surface area contributed by atoms with Gasteiger partial charge in [-0.25, -0.2) is 9.59 Å². The summed E-state index contributed by atoms with van der Waals surface area (Å²) in [4.78, 5) is 36.2. The number of nitrogens with two attached hydrogens (primary N) is 1. The summed E-state index contributed by atoms with van der Waals surface area (Å²) in [5.41, 5.74) is 6.93. The van der Waals surface area contributed by atoms with Crippen LogP contribution in [0.4, 0.5) is 4.79 Å². The van der Waals surface area contributed by atoms with Crippen molar-refractivity contribution in [2.75, 3.05) is 6.61 Å². The third-order valence-electron chi connectivity index (χ3n) is 4.86. The van der Waals surface area contributed by atoms with Crippen molar-refractivity contribution in [1.82, 2.24) is 5.32 Å². The highest BCUT2D eigenvalue weighted by Gasteiger charge is 2.42. The van der Waals surface area contributed by atoms with Crippen molar-refractivity contribution in [3.8, 4) is 11.1 Å². The van der Waals surface area contributed by atoms with E-state index in [9.17, 15) is 14.4 Å². The van der Waals surface area contributed by atoms with Crippen LogP contribution in [0.25, 0.3) is 11.1 Å². The van der Waals surface area contributed by atoms with Gasteiger partial charge in [-0.05, 0) is 43.0 Å². The van der Waals surface area contributed by atoms with Gasteiger partial charge in [-0.3, -0.25) is 15.8 Å². The lowest BCUT2D eigenvalue weighted by Gasteiger charge is -2.30. The van der Waals surface area contributed by atoms with Gasteiger partial charge in [0.25, 0.3) is 0 Å². The normalized spacial score (nSPS) is 14.7. The Kier molecular flexibility index (Phi) is 6.03. The zero-order valence-electron chi connectivity index (χ0n) is 17.7. The van der Waals surface area contributed by atoms with Crippen molar-refractivity contribution >= 4 is 18.0 Å². The van der Waals surface area contributed by atoms with Crippen LogP contribution in [0.15, 0.2) is 48.5 Å². The summed E-state index contributed by atoms with van der Waals surface area (Å²) < 4.78 is 10.5. The number of carboxylic acids is 1. The number of benzene rings is 2. The third kappa shape index (κ3) is 5.03. The molecule has 1 aliphatic rings. The number of fused-ring (bicyclic) bond motifs is 3. The number of nitrogens with one attached hydrogen (secondary N) is 1. The number of amides is 1. The van der Waals surface area contributed by atoms with Crippen LogP contribution in [0.1, 0.15) is 44.2 Å². The van der Waals surface area contributed by atoms with Crippen molar-refractivity contribution in [2.45, 2.75) is 44.4 Å². The topological polar surface area (TPSA) is 128 Å². The van der Waals surface area contributed by atoms with E-state index < -0.39 is 35.7 Å². The molecular weight excluding hydrogens is 400 g/mol. The van der Waals surface area contributed by atoms with Crippen LogP contribution >= 0.6 is 0 Å². The Balaban J connectivity index is 1.74. The number of carbonyl (C=O) groups excluding carboxylic acids is 2. The van der Waals surface area contributed by atoms with Crippen LogP contribution in [0.5, 0.6) is 0 Å². The fourth-order valence-corrected chi connectivity index (χ4v) is 3.59. The van der Waals surface area contributed by atoms with Crippen LogP contribution in [-0.4, -0.2) is 41.0 Å². The molecule has 8 nitrogen and oxygen atoms in total. The molecule has 3 rings (SSSR count). The van der Waals surface area contributed by atoms with E-state index in [1.807, 2.05) is 48.5 Å². The molecule has 0 saturated heterocycles. The molecule has 31 heavy (non-hydrogen) atoms. The molecule has 164 valence electrons. The van der Waals surface area contributed by atoms with E-state index >= 15 is 0 Å². The second-order valence-corrected chi connectivity index (χ2v) is 8.49. The summed E-state index contributed by atoms with van der Waals surface area (Å²) in [6, 6.07) is 15.7. The van der Waals surface area contributed by atoms with Crippen molar-refractivity contribution < 1.29 is 29.0 Å². The molecule has 0 fully saturated rings. The monoisotopic (exact) mass is 426 g/mol. The van der Waals surface area contributed by atoms with Crippen LogP contribution in [0.2, 0.25) is 0 Å². The average Bonchev–Trinajstić information content (AvgIpc) is 2.98. The van der Waals surface area contributed by atoms with Gasteiger partial charge < -0.3 is 14.6 Å². The number of ether oxygens (including phenoxy) is 2. The fourth-order valence-electron chi connectivity index (χ4n) is 3.59. The molecule has 1 amide bonds. The Hall–Kier alpha value is -3.39. The zero-order valence-corrected chi connectivity index (χ0v) is 17.7. The van der Waals surface area contributed by atoms with Gasteiger partial charge in [-0.15, -0.1) is 0 Å². The van der Waals surface area contributed by atoms with E-state index in [2.05, 4.69) is 5.32 Å². The highest BCUT2D eigenvalue weighted by molar-refractivity contribution is 5.89. The molecule has 8 heteroatoms. The molecule has 2 aromatic carbocycles. The highest BCUT2D eigenvalue weighted by atomic mass is 16.6. The number of rotatable bonds is 6. The van der Waals surface area contributed by atoms with E-state index in [-0.39, 0.29) is 12.5 Å². The minimum absolute atomic E-state index is 0.00265. The summed E-state index contributed by atoms with van der Waals surface area (Å²) in [7, 11) is 0. The second kappa shape index (κ2) is 8.39. The zero-order chi connectivity index (χ0) is 22.8. The van der Waals surface area contributed by atoms with E-state index in [0.717, 1.165) is 22.3 Å². The fraction of sp³-hybridized carbons (Fsp3) is 0.348. The van der Waals surface area contributed by atoms with Crippen molar-refractivity contribution in [3.05, 3.63) is 59.7 Å². The first-order valence-corrected chi connectivity index (χ1v) is 9.87. The predicted molar refractivity (Wildman–Crippen MR) is 113 cm³/mol. The number of alkyl carbamates (subject to hydrolysis) is 1. The van der Waals surface area contributed by atoms with Gasteiger partial charge in [0.15, 0.2) is 0 Å². The lowest BCUT2D eigenvalue weighted by molar-refractivity contribution is -0.166. The van der Waals surface area contributed by atoms with Gasteiger partial charge in [-0.1, -0.05) is 48.5 Å². The standard InChI is InChI=1S/C23H26N2O6/c1-22(2,3)31-20(28)23(24,12-19(26)27)25-21(29)30-13-18-16-10-6-4-8-14(16)15-9-5-7-11-17(15)18/h4-11,18H,12-13,24H2,1-3H3,(H,25,29)(H,26,27)/t23-/m1/s1. The molecule has 2 aromatic rings. The summed E-state index contributed by atoms with van der Waals surface area (Å²) in [5, 5.41) is 11.3. The first-order valence-electron chi connectivity index (χ1n) is 9.87. The van der Waals surface area contributed by atoms with Crippen molar-refractivity contribution in [1.29, 1.82) is 0 Å². The quantitative estimate of drug-likeness (QED) is 0.478. The van der Waals surface area contributed by atoms with E-state index in [1.165, 1.54) is 0 Å². The van der Waals surface area contributed by atoms with Gasteiger partial charge in [0.1, 0.15) is 12.2 Å². The van der Waals surface area contributed by atoms with Gasteiger partial charge >= 0.3 is 18.0 Å². The van der Waals surface area contributed by atoms with Gasteiger partial charge in [0.2, 0.25) is 5.66 Å². The Bertz CT molecular complexity index is 968. The van der Waals surface area contributed by atoms with E-state index in [1.54, 1.807) is 20.8 Å². The molecular formula is C23H26N2O6. The van der Waals surface area contributed by atoms with Crippen molar-refractivity contribution in [2.24, 2.45) is 5.73 Å². The SMILES string of the molecule is CC(C)(C)OC(=O)[C@@](N)(CC(=O)O)NC(=O)OCC1c2ccccc2-c2ccccc21. The number of carboxylic acid groups (broad SMARTS) is 1. The summed E-state index contributed by atoms with van der Waals surface area (Å²) in [6.45, 7) is 4.83. The summed E-state index contributed by atoms with van der Waals surface area (Å²) in [5.74, 6) is -2.62. The number of aliphatic carboxylic acids is 1. The molecule has 0 aliphatic heterocycles. The Labute approximate surface area is 180 Å². The Morgan fingerprint density at radius 1 is 1.00 bits per heavy atom. The van der Waals surface area contributed by atoms with E-state index in [4.69, 9.17) is 20.3 Å². The number of carbonyl (C=O) groups is 3. The number of hydrogen-bond donors (Lipinski definition) is 3. The van der Waals surface area contributed by atoms with Crippen LogP contribution in [0, 0.1) is 0 Å². The molecule has 0 saturated carbocycles. The average molecular weight is 426 g/mol. The lowest BCUT2D eigenvalue weighted by atomic mass is 9.98. The minimum Gasteiger partial charge on any atom is -0.481 e. The predicted octanol–water partition coefficient (Wildman–Crippen LogP) is 3.00. The maximum Gasteiger partial charge on any atom is 0.409 e. The Morgan fingerprint density at radius 3 is 2.00 bits per heavy atom. The highest BCUT2D eigenvalue weighted by Crippen LogP contribution is 2.44. The summed E-state index contributed by atoms with van der Waals surface area (Å²) >= 11 is 0. The largest absolute Gasteiger partial charge is 0.481 e. The molecule has 4 N–H and O–H groups in total. The van der Waals surface area contributed by atoms with Crippen molar-refractivity contribution in [3.63, 3.8) is 0 Å². The second-order valence-electron chi connectivity index (χ2n) is 8.49. The number of hydrogen-bond acceptors (Lipinski definition) is 6. The van der Waals surface area contributed by atoms with Gasteiger partial charge in [-0.2, -0.15) is 0 Å². The van der Waals surface area contributed by atoms with Gasteiger partial charge in [0.05, 0.1) is 6.42 Å². The van der Waals surface area contributed by atoms with Crippen LogP contribution < -0.4 is 11.1 Å². The van der Waals surface area contributed by atoms with Crippen LogP contribution in [0.3, 0.4) is 0 Å². The first-order chi connectivity index (χ1) is 14.5. The molecule has 0 bridgehead atoms. The molecule has 0 spiro atoms. The number of esters is 1. The lowest BCUT2D eigenvalue weighted by Crippen LogP contribution is -2.64. The van der Waals surface area contributed by atoms with E-state index in [0.29, 0.717) is 0 Å². The molecule has 0 unspecified atom stereocenters.